The molecule has 1 aliphatic rings. The van der Waals surface area contributed by atoms with Gasteiger partial charge < -0.3 is 10.6 Å². The lowest BCUT2D eigenvalue weighted by Gasteiger charge is -2.22. The van der Waals surface area contributed by atoms with Crippen molar-refractivity contribution in [3.63, 3.8) is 0 Å². The number of amides is 1. The van der Waals surface area contributed by atoms with Crippen LogP contribution in [0.5, 0.6) is 0 Å². The van der Waals surface area contributed by atoms with Gasteiger partial charge in [0.2, 0.25) is 0 Å². The third-order valence-electron chi connectivity index (χ3n) is 5.07. The highest BCUT2D eigenvalue weighted by molar-refractivity contribution is 7.18. The minimum absolute atomic E-state index is 0.0349. The number of benzene rings is 1. The van der Waals surface area contributed by atoms with Gasteiger partial charge in [-0.1, -0.05) is 31.4 Å². The van der Waals surface area contributed by atoms with Gasteiger partial charge in [0.05, 0.1) is 5.39 Å². The van der Waals surface area contributed by atoms with E-state index in [1.54, 1.807) is 17.7 Å². The molecule has 0 aliphatic heterocycles. The van der Waals surface area contributed by atoms with E-state index in [0.29, 0.717) is 12.6 Å². The van der Waals surface area contributed by atoms with E-state index < -0.39 is 0 Å². The Bertz CT molecular complexity index is 929. The molecular weight excluding hydrogens is 356 g/mol. The molecule has 1 aliphatic carbocycles. The Morgan fingerprint density at radius 2 is 1.93 bits per heavy atom. The van der Waals surface area contributed by atoms with Gasteiger partial charge in [-0.05, 0) is 43.5 Å². The highest BCUT2D eigenvalue weighted by atomic mass is 32.1. The lowest BCUT2D eigenvalue weighted by atomic mass is 9.95. The molecule has 1 saturated carbocycles. The Morgan fingerprint density at radius 1 is 1.15 bits per heavy atom. The third kappa shape index (κ3) is 4.27. The predicted octanol–water partition coefficient (Wildman–Crippen LogP) is 4.67. The summed E-state index contributed by atoms with van der Waals surface area (Å²) >= 11 is 1.67. The number of fused-ring (bicyclic) bond motifs is 1. The van der Waals surface area contributed by atoms with Crippen molar-refractivity contribution in [1.29, 1.82) is 0 Å². The summed E-state index contributed by atoms with van der Waals surface area (Å²) in [5.41, 5.74) is 1.84. The lowest BCUT2D eigenvalue weighted by molar-refractivity contribution is 0.0927. The number of carbonyl (C=O) groups excluding carboxylic acids is 1. The molecule has 6 heteroatoms. The summed E-state index contributed by atoms with van der Waals surface area (Å²) in [6, 6.07) is 10.3. The van der Waals surface area contributed by atoms with Crippen LogP contribution in [0.2, 0.25) is 0 Å². The first kappa shape index (κ1) is 17.9. The fourth-order valence-corrected chi connectivity index (χ4v) is 4.44. The number of hydrogen-bond acceptors (Lipinski definition) is 5. The van der Waals surface area contributed by atoms with Gasteiger partial charge in [-0.3, -0.25) is 4.79 Å². The monoisotopic (exact) mass is 380 g/mol. The fraction of sp³-hybridized carbons (Fsp3) is 0.381. The zero-order valence-corrected chi connectivity index (χ0v) is 16.3. The second-order valence-corrected chi connectivity index (χ2v) is 8.39. The van der Waals surface area contributed by atoms with Crippen LogP contribution in [-0.2, 0) is 6.54 Å². The van der Waals surface area contributed by atoms with Crippen molar-refractivity contribution in [1.82, 2.24) is 15.3 Å². The molecule has 0 spiro atoms. The molecule has 1 fully saturated rings. The maximum absolute atomic E-state index is 12.4. The Kier molecular flexibility index (Phi) is 5.34. The highest BCUT2D eigenvalue weighted by Crippen LogP contribution is 2.27. The van der Waals surface area contributed by atoms with Gasteiger partial charge in [-0.2, -0.15) is 0 Å². The van der Waals surface area contributed by atoms with Gasteiger partial charge in [0.25, 0.3) is 5.91 Å². The molecule has 0 saturated heterocycles. The van der Waals surface area contributed by atoms with Crippen LogP contribution >= 0.6 is 11.3 Å². The Balaban J connectivity index is 1.38. The van der Waals surface area contributed by atoms with Gasteiger partial charge in [0.1, 0.15) is 17.0 Å². The van der Waals surface area contributed by atoms with Crippen molar-refractivity contribution in [2.24, 2.45) is 0 Å². The molecule has 5 nitrogen and oxygen atoms in total. The fourth-order valence-electron chi connectivity index (χ4n) is 3.59. The second kappa shape index (κ2) is 8.05. The smallest absolute Gasteiger partial charge is 0.251 e. The molecule has 140 valence electrons. The number of aromatic nitrogens is 2. The molecule has 0 unspecified atom stereocenters. The molecule has 0 atom stereocenters. The number of nitrogens with zero attached hydrogens (tertiary/aromatic N) is 2. The summed E-state index contributed by atoms with van der Waals surface area (Å²) in [7, 11) is 0. The van der Waals surface area contributed by atoms with Crippen LogP contribution in [0.3, 0.4) is 0 Å². The first-order valence-corrected chi connectivity index (χ1v) is 10.4. The quantitative estimate of drug-likeness (QED) is 0.675. The van der Waals surface area contributed by atoms with Crippen molar-refractivity contribution < 1.29 is 4.79 Å². The van der Waals surface area contributed by atoms with E-state index in [1.807, 2.05) is 24.3 Å². The van der Waals surface area contributed by atoms with Gasteiger partial charge in [0.15, 0.2) is 0 Å². The first-order valence-electron chi connectivity index (χ1n) is 9.54. The number of hydrogen-bond donors (Lipinski definition) is 2. The lowest BCUT2D eigenvalue weighted by Crippen LogP contribution is -2.36. The average Bonchev–Trinajstić information content (AvgIpc) is 3.08. The maximum Gasteiger partial charge on any atom is 0.251 e. The topological polar surface area (TPSA) is 66.9 Å². The van der Waals surface area contributed by atoms with Crippen molar-refractivity contribution in [2.45, 2.75) is 51.6 Å². The van der Waals surface area contributed by atoms with Crippen molar-refractivity contribution >= 4 is 33.3 Å². The molecule has 0 bridgehead atoms. The molecule has 2 N–H and O–H groups in total. The molecule has 0 radical (unpaired) electrons. The van der Waals surface area contributed by atoms with Crippen LogP contribution in [0, 0.1) is 6.92 Å². The largest absolute Gasteiger partial charge is 0.365 e. The van der Waals surface area contributed by atoms with Gasteiger partial charge in [0, 0.05) is 23.0 Å². The van der Waals surface area contributed by atoms with E-state index in [-0.39, 0.29) is 5.91 Å². The van der Waals surface area contributed by atoms with Crippen LogP contribution in [0.1, 0.15) is 52.9 Å². The van der Waals surface area contributed by atoms with Crippen molar-refractivity contribution in [2.75, 3.05) is 5.32 Å². The highest BCUT2D eigenvalue weighted by Gasteiger charge is 2.16. The summed E-state index contributed by atoms with van der Waals surface area (Å²) in [5, 5.41) is 7.61. The Hall–Kier alpha value is -2.47. The number of anilines is 1. The molecule has 1 amide bonds. The molecule has 2 aromatic heterocycles. The summed E-state index contributed by atoms with van der Waals surface area (Å²) in [4.78, 5) is 23.3. The minimum atomic E-state index is 0.0349. The van der Waals surface area contributed by atoms with Crippen LogP contribution in [0.4, 0.5) is 5.82 Å². The average molecular weight is 381 g/mol. The number of rotatable bonds is 5. The molecule has 1 aromatic carbocycles. The molecule has 4 rings (SSSR count). The first-order chi connectivity index (χ1) is 13.2. The van der Waals surface area contributed by atoms with Gasteiger partial charge in [-0.25, -0.2) is 9.97 Å². The van der Waals surface area contributed by atoms with E-state index in [4.69, 9.17) is 0 Å². The zero-order valence-electron chi connectivity index (χ0n) is 15.5. The number of nitrogens with one attached hydrogen (secondary N) is 2. The van der Waals surface area contributed by atoms with E-state index in [0.717, 1.165) is 40.0 Å². The van der Waals surface area contributed by atoms with E-state index in [2.05, 4.69) is 33.6 Å². The number of thiophene rings is 1. The van der Waals surface area contributed by atoms with E-state index in [9.17, 15) is 4.79 Å². The standard InChI is InChI=1S/C21H24N4OS/c1-14-11-18-19(23-13-24-21(18)27-14)22-12-15-7-9-16(10-8-15)20(26)25-17-5-3-2-4-6-17/h7-11,13,17H,2-6,12H2,1H3,(H,25,26)(H,22,23,24). The van der Waals surface area contributed by atoms with Crippen LogP contribution in [0.25, 0.3) is 10.2 Å². The summed E-state index contributed by atoms with van der Waals surface area (Å²) in [6.45, 7) is 2.73. The van der Waals surface area contributed by atoms with Crippen LogP contribution < -0.4 is 10.6 Å². The SMILES string of the molecule is Cc1cc2c(NCc3ccc(C(=O)NC4CCCCC4)cc3)ncnc2s1. The van der Waals surface area contributed by atoms with Crippen LogP contribution in [-0.4, -0.2) is 21.9 Å². The third-order valence-corrected chi connectivity index (χ3v) is 6.03. The summed E-state index contributed by atoms with van der Waals surface area (Å²) in [6.07, 6.45) is 7.52. The predicted molar refractivity (Wildman–Crippen MR) is 110 cm³/mol. The van der Waals surface area contributed by atoms with E-state index >= 15 is 0 Å². The van der Waals surface area contributed by atoms with Crippen LogP contribution in [0.15, 0.2) is 36.7 Å². The molecule has 27 heavy (non-hydrogen) atoms. The molecular formula is C21H24N4OS. The van der Waals surface area contributed by atoms with E-state index in [1.165, 1.54) is 24.1 Å². The zero-order chi connectivity index (χ0) is 18.6. The summed E-state index contributed by atoms with van der Waals surface area (Å²) in [5.74, 6) is 0.885. The second-order valence-electron chi connectivity index (χ2n) is 7.16. The Morgan fingerprint density at radius 3 is 2.70 bits per heavy atom. The molecule has 2 heterocycles. The maximum atomic E-state index is 12.4. The summed E-state index contributed by atoms with van der Waals surface area (Å²) < 4.78 is 0. The normalized spacial score (nSPS) is 15.0. The van der Waals surface area contributed by atoms with Gasteiger partial charge in [-0.15, -0.1) is 11.3 Å². The molecule has 3 aromatic rings. The Labute approximate surface area is 163 Å². The van der Waals surface area contributed by atoms with Gasteiger partial charge >= 0.3 is 0 Å². The number of aryl methyl sites for hydroxylation is 1. The van der Waals surface area contributed by atoms with Crippen molar-refractivity contribution in [3.8, 4) is 0 Å². The van der Waals surface area contributed by atoms with Crippen molar-refractivity contribution in [3.05, 3.63) is 52.7 Å². The minimum Gasteiger partial charge on any atom is -0.365 e. The number of carbonyl (C=O) groups is 1.